The number of nitrogens with zero attached hydrogens (tertiary/aromatic N) is 1. The van der Waals surface area contributed by atoms with Gasteiger partial charge in [0.1, 0.15) is 16.4 Å². The molecule has 8 heteroatoms. The van der Waals surface area contributed by atoms with E-state index < -0.39 is 10.0 Å². The molecule has 0 atom stereocenters. The van der Waals surface area contributed by atoms with Crippen LogP contribution in [0.25, 0.3) is 0 Å². The summed E-state index contributed by atoms with van der Waals surface area (Å²) in [6.07, 6.45) is 0.921. The summed E-state index contributed by atoms with van der Waals surface area (Å²) in [6.45, 7) is 4.51. The van der Waals surface area contributed by atoms with Crippen LogP contribution in [-0.2, 0) is 14.8 Å². The zero-order valence-electron chi connectivity index (χ0n) is 17.8. The number of sulfonamides is 1. The van der Waals surface area contributed by atoms with E-state index in [0.29, 0.717) is 18.6 Å². The second kappa shape index (κ2) is 9.06. The van der Waals surface area contributed by atoms with E-state index >= 15 is 0 Å². The van der Waals surface area contributed by atoms with Crippen LogP contribution in [0.3, 0.4) is 0 Å². The third-order valence-electron chi connectivity index (χ3n) is 5.45. The molecule has 30 heavy (non-hydrogen) atoms. The Kier molecular flexibility index (Phi) is 6.67. The lowest BCUT2D eigenvalue weighted by Crippen LogP contribution is -2.41. The standard InChI is InChI=1S/C22H28N2O5S/c1-15-5-7-19(16(2)13-15)23-22(25)17-9-11-24(12-10-17)30(26,27)21-14-18(28-3)6-8-20(21)29-4/h5-8,13-14,17H,9-12H2,1-4H3,(H,23,25). The number of hydrogen-bond donors (Lipinski definition) is 1. The second-order valence-electron chi connectivity index (χ2n) is 7.50. The Hall–Kier alpha value is -2.58. The monoisotopic (exact) mass is 432 g/mol. The van der Waals surface area contributed by atoms with Crippen molar-refractivity contribution in [2.75, 3.05) is 32.6 Å². The number of aryl methyl sites for hydroxylation is 2. The van der Waals surface area contributed by atoms with E-state index in [0.717, 1.165) is 16.8 Å². The van der Waals surface area contributed by atoms with Gasteiger partial charge >= 0.3 is 0 Å². The van der Waals surface area contributed by atoms with E-state index in [4.69, 9.17) is 9.47 Å². The number of amides is 1. The Morgan fingerprint density at radius 2 is 1.73 bits per heavy atom. The van der Waals surface area contributed by atoms with E-state index in [2.05, 4.69) is 5.32 Å². The van der Waals surface area contributed by atoms with Crippen molar-refractivity contribution in [3.63, 3.8) is 0 Å². The number of rotatable bonds is 6. The number of carbonyl (C=O) groups is 1. The number of ether oxygens (including phenoxy) is 2. The second-order valence-corrected chi connectivity index (χ2v) is 9.41. The number of piperidine rings is 1. The van der Waals surface area contributed by atoms with Crippen LogP contribution in [0, 0.1) is 19.8 Å². The van der Waals surface area contributed by atoms with Crippen molar-refractivity contribution in [1.29, 1.82) is 0 Å². The molecular weight excluding hydrogens is 404 g/mol. The number of carbonyl (C=O) groups excluding carboxylic acids is 1. The fraction of sp³-hybridized carbons (Fsp3) is 0.409. The topological polar surface area (TPSA) is 84.9 Å². The number of nitrogens with one attached hydrogen (secondary N) is 1. The Bertz CT molecular complexity index is 1030. The molecule has 0 aromatic heterocycles. The van der Waals surface area contributed by atoms with Crippen LogP contribution in [0.2, 0.25) is 0 Å². The average molecular weight is 433 g/mol. The molecule has 0 spiro atoms. The van der Waals surface area contributed by atoms with Crippen molar-refractivity contribution in [3.8, 4) is 11.5 Å². The Morgan fingerprint density at radius 1 is 1.03 bits per heavy atom. The largest absolute Gasteiger partial charge is 0.497 e. The zero-order chi connectivity index (χ0) is 21.9. The summed E-state index contributed by atoms with van der Waals surface area (Å²) in [7, 11) is -0.841. The molecule has 7 nitrogen and oxygen atoms in total. The maximum atomic E-state index is 13.2. The highest BCUT2D eigenvalue weighted by molar-refractivity contribution is 7.89. The molecule has 0 unspecified atom stereocenters. The van der Waals surface area contributed by atoms with Gasteiger partial charge in [-0.3, -0.25) is 4.79 Å². The molecule has 0 saturated carbocycles. The normalized spacial score (nSPS) is 15.6. The average Bonchev–Trinajstić information content (AvgIpc) is 2.75. The van der Waals surface area contributed by atoms with Crippen molar-refractivity contribution in [2.24, 2.45) is 5.92 Å². The molecule has 2 aromatic carbocycles. The predicted molar refractivity (Wildman–Crippen MR) is 116 cm³/mol. The summed E-state index contributed by atoms with van der Waals surface area (Å²) in [4.78, 5) is 12.8. The SMILES string of the molecule is COc1ccc(OC)c(S(=O)(=O)N2CCC(C(=O)Nc3ccc(C)cc3C)CC2)c1. The number of benzene rings is 2. The van der Waals surface area contributed by atoms with Gasteiger partial charge in [0.25, 0.3) is 0 Å². The summed E-state index contributed by atoms with van der Waals surface area (Å²) in [5.41, 5.74) is 2.94. The molecule has 162 valence electrons. The van der Waals surface area contributed by atoms with Crippen molar-refractivity contribution in [1.82, 2.24) is 4.31 Å². The molecule has 1 N–H and O–H groups in total. The third kappa shape index (κ3) is 4.60. The van der Waals surface area contributed by atoms with Gasteiger partial charge in [0, 0.05) is 30.8 Å². The maximum absolute atomic E-state index is 13.2. The van der Waals surface area contributed by atoms with E-state index in [1.165, 1.54) is 24.6 Å². The van der Waals surface area contributed by atoms with Gasteiger partial charge < -0.3 is 14.8 Å². The van der Waals surface area contributed by atoms with Crippen LogP contribution >= 0.6 is 0 Å². The molecule has 1 fully saturated rings. The minimum atomic E-state index is -3.76. The first kappa shape index (κ1) is 22.1. The van der Waals surface area contributed by atoms with Crippen molar-refractivity contribution >= 4 is 21.6 Å². The van der Waals surface area contributed by atoms with Gasteiger partial charge in [-0.1, -0.05) is 17.7 Å². The summed E-state index contributed by atoms with van der Waals surface area (Å²) in [5, 5.41) is 2.98. The van der Waals surface area contributed by atoms with Crippen LogP contribution in [0.4, 0.5) is 5.69 Å². The van der Waals surface area contributed by atoms with Crippen LogP contribution in [0.1, 0.15) is 24.0 Å². The molecule has 1 amide bonds. The first-order chi connectivity index (χ1) is 14.3. The quantitative estimate of drug-likeness (QED) is 0.757. The Labute approximate surface area is 178 Å². The van der Waals surface area contributed by atoms with Crippen molar-refractivity contribution in [2.45, 2.75) is 31.6 Å². The Morgan fingerprint density at radius 3 is 2.33 bits per heavy atom. The smallest absolute Gasteiger partial charge is 0.246 e. The molecule has 2 aromatic rings. The molecule has 1 aliphatic heterocycles. The Balaban J connectivity index is 1.69. The van der Waals surface area contributed by atoms with E-state index in [1.807, 2.05) is 32.0 Å². The molecule has 0 aliphatic carbocycles. The van der Waals surface area contributed by atoms with Crippen LogP contribution in [0.5, 0.6) is 11.5 Å². The van der Waals surface area contributed by atoms with Crippen molar-refractivity contribution < 1.29 is 22.7 Å². The minimum absolute atomic E-state index is 0.0713. The molecular formula is C22H28N2O5S. The highest BCUT2D eigenvalue weighted by Gasteiger charge is 2.34. The lowest BCUT2D eigenvalue weighted by molar-refractivity contribution is -0.120. The summed E-state index contributed by atoms with van der Waals surface area (Å²) >= 11 is 0. The fourth-order valence-electron chi connectivity index (χ4n) is 3.67. The summed E-state index contributed by atoms with van der Waals surface area (Å²) in [5.74, 6) is 0.407. The number of anilines is 1. The minimum Gasteiger partial charge on any atom is -0.497 e. The van der Waals surface area contributed by atoms with E-state index in [9.17, 15) is 13.2 Å². The summed E-state index contributed by atoms with van der Waals surface area (Å²) < 4.78 is 38.2. The van der Waals surface area contributed by atoms with Gasteiger partial charge in [-0.05, 0) is 50.5 Å². The van der Waals surface area contributed by atoms with Gasteiger partial charge in [0.05, 0.1) is 14.2 Å². The van der Waals surface area contributed by atoms with Crippen LogP contribution in [-0.4, -0.2) is 45.9 Å². The maximum Gasteiger partial charge on any atom is 0.246 e. The first-order valence-corrected chi connectivity index (χ1v) is 11.3. The van der Waals surface area contributed by atoms with E-state index in [-0.39, 0.29) is 35.6 Å². The predicted octanol–water partition coefficient (Wildman–Crippen LogP) is 3.36. The molecule has 3 rings (SSSR count). The first-order valence-electron chi connectivity index (χ1n) is 9.86. The fourth-order valence-corrected chi connectivity index (χ4v) is 5.31. The van der Waals surface area contributed by atoms with Crippen LogP contribution in [0.15, 0.2) is 41.3 Å². The lowest BCUT2D eigenvalue weighted by Gasteiger charge is -2.31. The molecule has 0 radical (unpaired) electrons. The highest BCUT2D eigenvalue weighted by atomic mass is 32.2. The molecule has 1 saturated heterocycles. The van der Waals surface area contributed by atoms with Gasteiger partial charge in [-0.2, -0.15) is 4.31 Å². The van der Waals surface area contributed by atoms with Gasteiger partial charge in [-0.25, -0.2) is 8.42 Å². The number of methoxy groups -OCH3 is 2. The van der Waals surface area contributed by atoms with Gasteiger partial charge in [0.2, 0.25) is 15.9 Å². The van der Waals surface area contributed by atoms with E-state index in [1.54, 1.807) is 12.1 Å². The third-order valence-corrected chi connectivity index (χ3v) is 7.37. The van der Waals surface area contributed by atoms with Gasteiger partial charge in [0.15, 0.2) is 0 Å². The molecule has 1 aliphatic rings. The van der Waals surface area contributed by atoms with Crippen molar-refractivity contribution in [3.05, 3.63) is 47.5 Å². The summed E-state index contributed by atoms with van der Waals surface area (Å²) in [6, 6.07) is 10.6. The highest BCUT2D eigenvalue weighted by Crippen LogP contribution is 2.33. The molecule has 0 bridgehead atoms. The molecule has 1 heterocycles. The lowest BCUT2D eigenvalue weighted by atomic mass is 9.97. The van der Waals surface area contributed by atoms with Gasteiger partial charge in [-0.15, -0.1) is 0 Å². The number of hydrogen-bond acceptors (Lipinski definition) is 5. The zero-order valence-corrected chi connectivity index (χ0v) is 18.6. The van der Waals surface area contributed by atoms with Crippen LogP contribution < -0.4 is 14.8 Å².